The lowest BCUT2D eigenvalue weighted by Gasteiger charge is -2.32. The number of hydrogen-bond donors (Lipinski definition) is 2. The number of fused-ring (bicyclic) bond motifs is 2. The van der Waals surface area contributed by atoms with E-state index < -0.39 is 10.0 Å². The van der Waals surface area contributed by atoms with Crippen molar-refractivity contribution < 1.29 is 8.42 Å². The predicted octanol–water partition coefficient (Wildman–Crippen LogP) is 2.24. The predicted molar refractivity (Wildman–Crippen MR) is 129 cm³/mol. The van der Waals surface area contributed by atoms with Crippen molar-refractivity contribution in [2.24, 2.45) is 0 Å². The van der Waals surface area contributed by atoms with Crippen LogP contribution in [-0.2, 0) is 10.0 Å². The third-order valence-corrected chi connectivity index (χ3v) is 8.20. The highest BCUT2D eigenvalue weighted by Gasteiger charge is 2.32. The van der Waals surface area contributed by atoms with Crippen LogP contribution in [0.4, 0.5) is 17.5 Å². The lowest BCUT2D eigenvalue weighted by molar-refractivity contribution is 0.277. The molecule has 0 bridgehead atoms. The molecule has 1 fully saturated rings. The summed E-state index contributed by atoms with van der Waals surface area (Å²) in [5.41, 5.74) is 13.8. The van der Waals surface area contributed by atoms with Gasteiger partial charge in [0.15, 0.2) is 11.5 Å². The highest BCUT2D eigenvalue weighted by Crippen LogP contribution is 2.34. The largest absolute Gasteiger partial charge is 0.382 e. The number of piperidine rings is 1. The number of nitrogens with two attached hydrogens (primary N) is 2. The van der Waals surface area contributed by atoms with Gasteiger partial charge in [0.1, 0.15) is 5.52 Å². The average molecular weight is 467 g/mol. The zero-order valence-electron chi connectivity index (χ0n) is 18.5. The van der Waals surface area contributed by atoms with Gasteiger partial charge in [-0.05, 0) is 25.0 Å². The Morgan fingerprint density at radius 3 is 2.42 bits per heavy atom. The van der Waals surface area contributed by atoms with Gasteiger partial charge in [0, 0.05) is 49.7 Å². The number of rotatable bonds is 4. The molecule has 0 atom stereocenters. The number of aromatic nitrogens is 4. The van der Waals surface area contributed by atoms with E-state index in [0.717, 1.165) is 16.5 Å². The zero-order valence-corrected chi connectivity index (χ0v) is 19.3. The molecule has 2 aromatic carbocycles. The molecule has 3 heterocycles. The van der Waals surface area contributed by atoms with Crippen LogP contribution >= 0.6 is 0 Å². The summed E-state index contributed by atoms with van der Waals surface area (Å²) < 4.78 is 30.7. The Hall–Kier alpha value is -3.44. The first-order valence-corrected chi connectivity index (χ1v) is 12.2. The molecule has 0 aliphatic carbocycles. The van der Waals surface area contributed by atoms with Crippen molar-refractivity contribution in [3.8, 4) is 0 Å². The molecule has 1 aliphatic heterocycles. The van der Waals surface area contributed by atoms with Gasteiger partial charge in [-0.1, -0.05) is 24.3 Å². The molecule has 172 valence electrons. The van der Waals surface area contributed by atoms with E-state index in [2.05, 4.69) is 15.0 Å². The molecule has 0 unspecified atom stereocenters. The van der Waals surface area contributed by atoms with Crippen molar-refractivity contribution in [1.82, 2.24) is 23.8 Å². The summed E-state index contributed by atoms with van der Waals surface area (Å²) in [5.74, 6) is 0.333. The molecule has 2 aromatic heterocycles. The minimum absolute atomic E-state index is 0.0445. The number of nitrogen functional groups attached to an aromatic ring is 2. The van der Waals surface area contributed by atoms with Crippen LogP contribution in [0.5, 0.6) is 0 Å². The van der Waals surface area contributed by atoms with Gasteiger partial charge < -0.3 is 20.9 Å². The molecule has 1 saturated heterocycles. The fourth-order valence-corrected chi connectivity index (χ4v) is 6.28. The van der Waals surface area contributed by atoms with Crippen LogP contribution in [-0.4, -0.2) is 59.4 Å². The molecule has 0 radical (unpaired) electrons. The maximum Gasteiger partial charge on any atom is 0.243 e. The summed E-state index contributed by atoms with van der Waals surface area (Å²) in [6, 6.07) is 11.3. The Kier molecular flexibility index (Phi) is 5.09. The van der Waals surface area contributed by atoms with Crippen molar-refractivity contribution >= 4 is 49.4 Å². The number of hydrogen-bond acceptors (Lipinski definition) is 8. The second kappa shape index (κ2) is 7.85. The fraction of sp³-hybridized carbons (Fsp3) is 0.318. The van der Waals surface area contributed by atoms with Crippen LogP contribution in [0.1, 0.15) is 18.9 Å². The quantitative estimate of drug-likeness (QED) is 0.467. The lowest BCUT2D eigenvalue weighted by atomic mass is 10.1. The zero-order chi connectivity index (χ0) is 23.3. The van der Waals surface area contributed by atoms with Gasteiger partial charge >= 0.3 is 0 Å². The standard InChI is InChI=1S/C22H26N8O2S/c1-28(2)17-7-3-6-16-15(17)5-4-8-18(16)33(31,32)29-11-9-14(10-12-29)30-13-25-19-20(23)26-22(24)27-21(19)30/h3-8,13-14H,9-12H2,1-2H3,(H4,23,24,26,27). The van der Waals surface area contributed by atoms with E-state index >= 15 is 0 Å². The normalized spacial score (nSPS) is 15.9. The number of sulfonamides is 1. The van der Waals surface area contributed by atoms with Crippen molar-refractivity contribution in [2.45, 2.75) is 23.8 Å². The second-order valence-corrected chi connectivity index (χ2v) is 10.4. The van der Waals surface area contributed by atoms with E-state index in [0.29, 0.717) is 42.0 Å². The summed E-state index contributed by atoms with van der Waals surface area (Å²) in [6.45, 7) is 0.791. The maximum absolute atomic E-state index is 13.6. The minimum atomic E-state index is -3.65. The van der Waals surface area contributed by atoms with Crippen LogP contribution in [0.15, 0.2) is 47.6 Å². The van der Waals surface area contributed by atoms with Crippen LogP contribution in [0.3, 0.4) is 0 Å². The maximum atomic E-state index is 13.6. The van der Waals surface area contributed by atoms with Gasteiger partial charge in [-0.15, -0.1) is 0 Å². The summed E-state index contributed by atoms with van der Waals surface area (Å²) in [5, 5.41) is 1.65. The Labute approximate surface area is 191 Å². The highest BCUT2D eigenvalue weighted by atomic mass is 32.2. The third-order valence-electron chi connectivity index (χ3n) is 6.24. The van der Waals surface area contributed by atoms with Gasteiger partial charge in [-0.3, -0.25) is 0 Å². The van der Waals surface area contributed by atoms with Gasteiger partial charge in [0.25, 0.3) is 0 Å². The van der Waals surface area contributed by atoms with E-state index in [4.69, 9.17) is 11.5 Å². The molecule has 4 N–H and O–H groups in total. The van der Waals surface area contributed by atoms with Crippen LogP contribution in [0.2, 0.25) is 0 Å². The fourth-order valence-electron chi connectivity index (χ4n) is 4.60. The van der Waals surface area contributed by atoms with E-state index in [-0.39, 0.29) is 17.8 Å². The van der Waals surface area contributed by atoms with Gasteiger partial charge in [0.2, 0.25) is 16.0 Å². The first kappa shape index (κ1) is 21.4. The number of imidazole rings is 1. The second-order valence-electron chi connectivity index (χ2n) is 8.45. The highest BCUT2D eigenvalue weighted by molar-refractivity contribution is 7.89. The van der Waals surface area contributed by atoms with Crippen LogP contribution < -0.4 is 16.4 Å². The first-order chi connectivity index (χ1) is 15.8. The van der Waals surface area contributed by atoms with Crippen molar-refractivity contribution in [1.29, 1.82) is 0 Å². The van der Waals surface area contributed by atoms with E-state index in [1.54, 1.807) is 22.8 Å². The Morgan fingerprint density at radius 2 is 1.70 bits per heavy atom. The monoisotopic (exact) mass is 466 g/mol. The molecule has 0 saturated carbocycles. The minimum Gasteiger partial charge on any atom is -0.382 e. The van der Waals surface area contributed by atoms with Crippen LogP contribution in [0.25, 0.3) is 21.9 Å². The topological polar surface area (TPSA) is 136 Å². The third kappa shape index (κ3) is 3.53. The van der Waals surface area contributed by atoms with E-state index in [1.807, 2.05) is 47.8 Å². The molecule has 4 aromatic rings. The molecule has 11 heteroatoms. The molecule has 0 amide bonds. The Bertz CT molecular complexity index is 1460. The molecule has 0 spiro atoms. The Morgan fingerprint density at radius 1 is 1.00 bits per heavy atom. The Balaban J connectivity index is 1.43. The molecule has 10 nitrogen and oxygen atoms in total. The summed E-state index contributed by atoms with van der Waals surface area (Å²) in [4.78, 5) is 14.9. The van der Waals surface area contributed by atoms with E-state index in [9.17, 15) is 8.42 Å². The van der Waals surface area contributed by atoms with Crippen LogP contribution in [0, 0.1) is 0 Å². The first-order valence-electron chi connectivity index (χ1n) is 10.7. The van der Waals surface area contributed by atoms with Gasteiger partial charge in [-0.25, -0.2) is 13.4 Å². The average Bonchev–Trinajstić information content (AvgIpc) is 3.22. The van der Waals surface area contributed by atoms with Crippen molar-refractivity contribution in [3.63, 3.8) is 0 Å². The van der Waals surface area contributed by atoms with Gasteiger partial charge in [0.05, 0.1) is 11.2 Å². The smallest absolute Gasteiger partial charge is 0.243 e. The molecule has 1 aliphatic rings. The number of anilines is 3. The van der Waals surface area contributed by atoms with E-state index in [1.165, 1.54) is 0 Å². The van der Waals surface area contributed by atoms with Gasteiger partial charge in [-0.2, -0.15) is 14.3 Å². The summed E-state index contributed by atoms with van der Waals surface area (Å²) in [7, 11) is 0.247. The van der Waals surface area contributed by atoms with Crippen molar-refractivity contribution in [3.05, 3.63) is 42.7 Å². The lowest BCUT2D eigenvalue weighted by Crippen LogP contribution is -2.39. The molecular formula is C22H26N8O2S. The number of benzene rings is 2. The van der Waals surface area contributed by atoms with Crippen molar-refractivity contribution in [2.75, 3.05) is 43.6 Å². The molecule has 33 heavy (non-hydrogen) atoms. The number of nitrogens with zero attached hydrogens (tertiary/aromatic N) is 6. The molecule has 5 rings (SSSR count). The molecular weight excluding hydrogens is 440 g/mol. The summed E-state index contributed by atoms with van der Waals surface area (Å²) >= 11 is 0. The summed E-state index contributed by atoms with van der Waals surface area (Å²) in [6.07, 6.45) is 2.93. The SMILES string of the molecule is CN(C)c1cccc2c(S(=O)(=O)N3CCC(n4cnc5c(N)nc(N)nc54)CC3)cccc12.